The molecular weight excluding hydrogens is 182 g/mol. The number of nitrogens with zero attached hydrogens (tertiary/aromatic N) is 1. The number of halogens is 1. The van der Waals surface area contributed by atoms with Gasteiger partial charge in [0.05, 0.1) is 11.5 Å². The van der Waals surface area contributed by atoms with E-state index in [4.69, 9.17) is 16.9 Å². The van der Waals surface area contributed by atoms with E-state index in [1.54, 1.807) is 0 Å². The van der Waals surface area contributed by atoms with Gasteiger partial charge in [-0.3, -0.25) is 0 Å². The molecule has 0 aliphatic carbocycles. The van der Waals surface area contributed by atoms with Crippen molar-refractivity contribution in [2.75, 3.05) is 0 Å². The Balaban J connectivity index is 3.30. The lowest BCUT2D eigenvalue weighted by Gasteiger charge is -2.17. The van der Waals surface area contributed by atoms with Crippen molar-refractivity contribution in [3.8, 4) is 6.07 Å². The summed E-state index contributed by atoms with van der Waals surface area (Å²) in [7, 11) is 0. The highest BCUT2D eigenvalue weighted by molar-refractivity contribution is 6.31. The van der Waals surface area contributed by atoms with E-state index in [1.165, 1.54) is 0 Å². The lowest BCUT2D eigenvalue weighted by Crippen LogP contribution is -2.14. The number of hydrogen-bond donors (Lipinski definition) is 0. The third kappa shape index (κ3) is 2.02. The van der Waals surface area contributed by atoms with Crippen molar-refractivity contribution in [1.29, 1.82) is 5.26 Å². The third-order valence-electron chi connectivity index (χ3n) is 2.07. The Morgan fingerprint density at radius 2 is 2.00 bits per heavy atom. The van der Waals surface area contributed by atoms with Gasteiger partial charge in [0, 0.05) is 5.02 Å². The lowest BCUT2D eigenvalue weighted by molar-refractivity contribution is 0.686. The highest BCUT2D eigenvalue weighted by Crippen LogP contribution is 2.29. The molecule has 0 aliphatic rings. The fourth-order valence-electron chi connectivity index (χ4n) is 1.18. The monoisotopic (exact) mass is 193 g/mol. The van der Waals surface area contributed by atoms with Gasteiger partial charge in [0.15, 0.2) is 0 Å². The molecule has 0 fully saturated rings. The van der Waals surface area contributed by atoms with Crippen LogP contribution in [0.2, 0.25) is 5.02 Å². The van der Waals surface area contributed by atoms with Crippen LogP contribution in [-0.4, -0.2) is 0 Å². The smallest absolute Gasteiger partial charge is 0.0780 e. The molecule has 0 aliphatic heterocycles. The van der Waals surface area contributed by atoms with Gasteiger partial charge in [-0.1, -0.05) is 29.3 Å². The zero-order valence-corrected chi connectivity index (χ0v) is 8.81. The van der Waals surface area contributed by atoms with Crippen LogP contribution in [0.15, 0.2) is 18.2 Å². The van der Waals surface area contributed by atoms with Gasteiger partial charge in [-0.2, -0.15) is 5.26 Å². The van der Waals surface area contributed by atoms with Gasteiger partial charge in [0.25, 0.3) is 0 Å². The van der Waals surface area contributed by atoms with E-state index in [0.29, 0.717) is 5.02 Å². The summed E-state index contributed by atoms with van der Waals surface area (Å²) in [5.74, 6) is 0. The second-order valence-electron chi connectivity index (χ2n) is 3.72. The molecule has 13 heavy (non-hydrogen) atoms. The second kappa shape index (κ2) is 3.40. The van der Waals surface area contributed by atoms with Crippen molar-refractivity contribution in [3.05, 3.63) is 34.3 Å². The first-order valence-corrected chi connectivity index (χ1v) is 4.53. The van der Waals surface area contributed by atoms with Crippen molar-refractivity contribution in [3.63, 3.8) is 0 Å². The van der Waals surface area contributed by atoms with Gasteiger partial charge in [0.2, 0.25) is 0 Å². The predicted molar refractivity (Wildman–Crippen MR) is 54.8 cm³/mol. The van der Waals surface area contributed by atoms with Crippen molar-refractivity contribution < 1.29 is 0 Å². The maximum absolute atomic E-state index is 8.95. The van der Waals surface area contributed by atoms with Gasteiger partial charge >= 0.3 is 0 Å². The Kier molecular flexibility index (Phi) is 2.63. The van der Waals surface area contributed by atoms with E-state index in [2.05, 4.69) is 6.07 Å². The highest BCUT2D eigenvalue weighted by atomic mass is 35.5. The molecule has 0 unspecified atom stereocenters. The summed E-state index contributed by atoms with van der Waals surface area (Å²) < 4.78 is 0. The van der Waals surface area contributed by atoms with Crippen LogP contribution in [0.25, 0.3) is 0 Å². The average molecular weight is 194 g/mol. The minimum absolute atomic E-state index is 0.511. The quantitative estimate of drug-likeness (QED) is 0.670. The van der Waals surface area contributed by atoms with E-state index >= 15 is 0 Å². The first kappa shape index (κ1) is 10.1. The summed E-state index contributed by atoms with van der Waals surface area (Å²) in [5.41, 5.74) is 1.52. The Morgan fingerprint density at radius 1 is 1.38 bits per heavy atom. The Labute approximate surface area is 84.0 Å². The molecule has 0 saturated heterocycles. The van der Waals surface area contributed by atoms with Crippen LogP contribution >= 0.6 is 11.6 Å². The Hall–Kier alpha value is -1.00. The SMILES string of the molecule is Cc1ccc(Cl)c(C(C)(C)C#N)c1. The molecule has 0 saturated carbocycles. The van der Waals surface area contributed by atoms with Gasteiger partial charge in [-0.05, 0) is 32.4 Å². The largest absolute Gasteiger partial charge is 0.197 e. The molecule has 1 nitrogen and oxygen atoms in total. The molecular formula is C11H12ClN. The van der Waals surface area contributed by atoms with Gasteiger partial charge in [-0.15, -0.1) is 0 Å². The van der Waals surface area contributed by atoms with Gasteiger partial charge < -0.3 is 0 Å². The molecule has 1 aromatic rings. The summed E-state index contributed by atoms with van der Waals surface area (Å²) in [6.45, 7) is 5.73. The minimum atomic E-state index is -0.511. The number of hydrogen-bond acceptors (Lipinski definition) is 1. The summed E-state index contributed by atoms with van der Waals surface area (Å²) in [6.07, 6.45) is 0. The van der Waals surface area contributed by atoms with E-state index in [0.717, 1.165) is 11.1 Å². The minimum Gasteiger partial charge on any atom is -0.197 e. The summed E-state index contributed by atoms with van der Waals surface area (Å²) in [5, 5.41) is 9.62. The van der Waals surface area contributed by atoms with Crippen LogP contribution in [0.4, 0.5) is 0 Å². The first-order chi connectivity index (χ1) is 5.97. The number of aryl methyl sites for hydroxylation is 1. The van der Waals surface area contributed by atoms with Crippen molar-refractivity contribution in [2.24, 2.45) is 0 Å². The summed E-state index contributed by atoms with van der Waals surface area (Å²) in [4.78, 5) is 0. The van der Waals surface area contributed by atoms with Crippen molar-refractivity contribution in [2.45, 2.75) is 26.2 Å². The van der Waals surface area contributed by atoms with Crippen molar-refractivity contribution in [1.82, 2.24) is 0 Å². The maximum atomic E-state index is 8.95. The number of benzene rings is 1. The van der Waals surface area contributed by atoms with E-state index in [9.17, 15) is 0 Å². The maximum Gasteiger partial charge on any atom is 0.0780 e. The molecule has 0 amide bonds. The van der Waals surface area contributed by atoms with Crippen LogP contribution in [0, 0.1) is 18.3 Å². The van der Waals surface area contributed by atoms with E-state index in [1.807, 2.05) is 39.0 Å². The molecule has 0 atom stereocenters. The van der Waals surface area contributed by atoms with Crippen LogP contribution < -0.4 is 0 Å². The topological polar surface area (TPSA) is 23.8 Å². The number of rotatable bonds is 1. The fourth-order valence-corrected chi connectivity index (χ4v) is 1.53. The van der Waals surface area contributed by atoms with E-state index in [-0.39, 0.29) is 0 Å². The Morgan fingerprint density at radius 3 is 2.54 bits per heavy atom. The molecule has 2 heteroatoms. The third-order valence-corrected chi connectivity index (χ3v) is 2.40. The Bertz CT molecular complexity index is 361. The second-order valence-corrected chi connectivity index (χ2v) is 4.13. The number of nitriles is 1. The molecule has 0 radical (unpaired) electrons. The zero-order valence-electron chi connectivity index (χ0n) is 8.06. The molecule has 1 rings (SSSR count). The fraction of sp³-hybridized carbons (Fsp3) is 0.364. The standard InChI is InChI=1S/C11H12ClN/c1-8-4-5-10(12)9(6-8)11(2,3)7-13/h4-6H,1-3H3. The first-order valence-electron chi connectivity index (χ1n) is 4.15. The van der Waals surface area contributed by atoms with E-state index < -0.39 is 5.41 Å². The van der Waals surface area contributed by atoms with Crippen LogP contribution in [0.3, 0.4) is 0 Å². The molecule has 0 aromatic heterocycles. The molecule has 0 N–H and O–H groups in total. The van der Waals surface area contributed by atoms with Crippen LogP contribution in [0.1, 0.15) is 25.0 Å². The van der Waals surface area contributed by atoms with Crippen molar-refractivity contribution >= 4 is 11.6 Å². The lowest BCUT2D eigenvalue weighted by atomic mass is 9.85. The highest BCUT2D eigenvalue weighted by Gasteiger charge is 2.22. The molecule has 68 valence electrons. The van der Waals surface area contributed by atoms with Crippen LogP contribution in [-0.2, 0) is 5.41 Å². The molecule has 0 heterocycles. The molecule has 0 bridgehead atoms. The molecule has 1 aromatic carbocycles. The normalized spacial score (nSPS) is 11.0. The van der Waals surface area contributed by atoms with Gasteiger partial charge in [-0.25, -0.2) is 0 Å². The predicted octanol–water partition coefficient (Wildman–Crippen LogP) is 3.45. The summed E-state index contributed by atoms with van der Waals surface area (Å²) >= 11 is 6.01. The van der Waals surface area contributed by atoms with Gasteiger partial charge in [0.1, 0.15) is 0 Å². The van der Waals surface area contributed by atoms with Crippen LogP contribution in [0.5, 0.6) is 0 Å². The average Bonchev–Trinajstić information content (AvgIpc) is 2.09. The summed E-state index contributed by atoms with van der Waals surface area (Å²) in [6, 6.07) is 7.99. The molecule has 0 spiro atoms. The zero-order chi connectivity index (χ0) is 10.1.